The highest BCUT2D eigenvalue weighted by Gasteiger charge is 2.28. The van der Waals surface area contributed by atoms with Gasteiger partial charge in [0.2, 0.25) is 5.95 Å². The molecule has 0 spiro atoms. The number of piperidine rings is 1. The number of ether oxygens (including phenoxy) is 1. The summed E-state index contributed by atoms with van der Waals surface area (Å²) in [6, 6.07) is 9.05. The number of anilines is 1. The van der Waals surface area contributed by atoms with E-state index in [4.69, 9.17) is 4.74 Å². The molecule has 9 heteroatoms. The van der Waals surface area contributed by atoms with Gasteiger partial charge in [-0.1, -0.05) is 0 Å². The van der Waals surface area contributed by atoms with Crippen LogP contribution in [0.25, 0.3) is 0 Å². The number of aryl methyl sites for hydroxylation is 3. The average Bonchev–Trinajstić information content (AvgIpc) is 2.93. The van der Waals surface area contributed by atoms with E-state index in [-0.39, 0.29) is 29.6 Å². The molecule has 1 atom stereocenters. The smallest absolute Gasteiger partial charge is 0.253 e. The fourth-order valence-electron chi connectivity index (χ4n) is 5.65. The third-order valence-corrected chi connectivity index (χ3v) is 8.04. The van der Waals surface area contributed by atoms with E-state index >= 15 is 0 Å². The summed E-state index contributed by atoms with van der Waals surface area (Å²) in [4.78, 5) is 25.6. The second-order valence-corrected chi connectivity index (χ2v) is 10.9. The van der Waals surface area contributed by atoms with Crippen LogP contribution >= 0.6 is 0 Å². The third kappa shape index (κ3) is 7.58. The van der Waals surface area contributed by atoms with E-state index in [0.717, 1.165) is 49.2 Å². The first-order valence-corrected chi connectivity index (χ1v) is 14.4. The van der Waals surface area contributed by atoms with E-state index in [1.165, 1.54) is 6.07 Å². The van der Waals surface area contributed by atoms with Gasteiger partial charge in [0.15, 0.2) is 11.6 Å². The summed E-state index contributed by atoms with van der Waals surface area (Å²) in [5.74, 6) is -0.879. The lowest BCUT2D eigenvalue weighted by Gasteiger charge is -2.42. The number of likely N-dealkylation sites (tertiary alicyclic amines) is 1. The second kappa shape index (κ2) is 13.9. The minimum Gasteiger partial charge on any atom is -0.491 e. The molecule has 0 aliphatic carbocycles. The summed E-state index contributed by atoms with van der Waals surface area (Å²) in [5.41, 5.74) is 4.54. The number of hydrogen-bond donors (Lipinski definition) is 1. The van der Waals surface area contributed by atoms with Crippen molar-refractivity contribution in [2.24, 2.45) is 0 Å². The Morgan fingerprint density at radius 3 is 2.56 bits per heavy atom. The number of nitrogens with zero attached hydrogens (tertiary/aromatic N) is 4. The number of aromatic nitrogens is 2. The summed E-state index contributed by atoms with van der Waals surface area (Å²) in [6.07, 6.45) is 6.35. The van der Waals surface area contributed by atoms with Crippen LogP contribution in [0, 0.1) is 32.5 Å². The van der Waals surface area contributed by atoms with E-state index in [0.29, 0.717) is 36.5 Å². The van der Waals surface area contributed by atoms with Gasteiger partial charge in [-0.2, -0.15) is 4.39 Å². The Morgan fingerprint density at radius 1 is 1.15 bits per heavy atom. The Labute approximate surface area is 241 Å². The van der Waals surface area contributed by atoms with Crippen LogP contribution in [-0.2, 0) is 6.54 Å². The number of amides is 1. The molecule has 1 aromatic carbocycles. The number of pyridine rings is 2. The highest BCUT2D eigenvalue weighted by molar-refractivity contribution is 5.96. The molecule has 0 saturated carbocycles. The molecule has 220 valence electrons. The molecule has 1 aliphatic rings. The molecule has 1 aliphatic heterocycles. The summed E-state index contributed by atoms with van der Waals surface area (Å²) in [5, 5.41) is 2.98. The SMILES string of the molecule is CCOc1ccc(N(Cc2cnccc2C)C2CCN([C@H](C)CCNC(=O)c3c(C)cc(F)nc3C)CC2)cc1F. The Morgan fingerprint density at radius 2 is 1.90 bits per heavy atom. The molecule has 1 fully saturated rings. The van der Waals surface area contributed by atoms with Crippen LogP contribution in [0.1, 0.15) is 65.9 Å². The van der Waals surface area contributed by atoms with Gasteiger partial charge in [-0.15, -0.1) is 0 Å². The van der Waals surface area contributed by atoms with Crippen molar-refractivity contribution in [3.05, 3.63) is 82.4 Å². The molecule has 1 saturated heterocycles. The van der Waals surface area contributed by atoms with Gasteiger partial charge in [-0.05, 0) is 94.8 Å². The number of hydrogen-bond acceptors (Lipinski definition) is 6. The molecule has 2 aromatic heterocycles. The highest BCUT2D eigenvalue weighted by atomic mass is 19.1. The van der Waals surface area contributed by atoms with E-state index in [1.54, 1.807) is 32.2 Å². The van der Waals surface area contributed by atoms with Crippen molar-refractivity contribution in [3.63, 3.8) is 0 Å². The lowest BCUT2D eigenvalue weighted by Crippen LogP contribution is -2.48. The van der Waals surface area contributed by atoms with E-state index in [2.05, 4.69) is 38.9 Å². The maximum Gasteiger partial charge on any atom is 0.253 e. The Balaban J connectivity index is 1.37. The predicted molar refractivity (Wildman–Crippen MR) is 157 cm³/mol. The molecule has 1 N–H and O–H groups in total. The normalized spacial score (nSPS) is 15.0. The van der Waals surface area contributed by atoms with Crippen LogP contribution < -0.4 is 15.0 Å². The van der Waals surface area contributed by atoms with Crippen molar-refractivity contribution in [1.29, 1.82) is 0 Å². The number of nitrogens with one attached hydrogen (secondary N) is 1. The number of halogens is 2. The number of rotatable bonds is 11. The molecule has 3 heterocycles. The largest absolute Gasteiger partial charge is 0.491 e. The van der Waals surface area contributed by atoms with Crippen LogP contribution in [0.15, 0.2) is 42.7 Å². The average molecular weight is 566 g/mol. The zero-order valence-electron chi connectivity index (χ0n) is 24.7. The molecule has 0 bridgehead atoms. The van der Waals surface area contributed by atoms with Crippen LogP contribution in [-0.4, -0.2) is 59.1 Å². The predicted octanol–water partition coefficient (Wildman–Crippen LogP) is 5.76. The third-order valence-electron chi connectivity index (χ3n) is 8.04. The van der Waals surface area contributed by atoms with Crippen molar-refractivity contribution >= 4 is 11.6 Å². The van der Waals surface area contributed by atoms with Gasteiger partial charge in [-0.3, -0.25) is 9.78 Å². The number of benzene rings is 1. The quantitative estimate of drug-likeness (QED) is 0.298. The van der Waals surface area contributed by atoms with Crippen LogP contribution in [0.3, 0.4) is 0 Å². The Hall–Kier alpha value is -3.59. The maximum absolute atomic E-state index is 14.9. The first-order valence-electron chi connectivity index (χ1n) is 14.4. The van der Waals surface area contributed by atoms with Crippen molar-refractivity contribution in [2.75, 3.05) is 31.1 Å². The monoisotopic (exact) mass is 565 g/mol. The molecule has 7 nitrogen and oxygen atoms in total. The first kappa shape index (κ1) is 30.4. The maximum atomic E-state index is 14.9. The zero-order valence-corrected chi connectivity index (χ0v) is 24.7. The van der Waals surface area contributed by atoms with Crippen molar-refractivity contribution < 1.29 is 18.3 Å². The van der Waals surface area contributed by atoms with Gasteiger partial charge in [0.1, 0.15) is 0 Å². The van der Waals surface area contributed by atoms with Crippen molar-refractivity contribution in [2.45, 2.75) is 72.5 Å². The molecular formula is C32H41F2N5O2. The minimum absolute atomic E-state index is 0.220. The number of carbonyl (C=O) groups excluding carboxylic acids is 1. The molecule has 0 unspecified atom stereocenters. The van der Waals surface area contributed by atoms with Gasteiger partial charge in [0.25, 0.3) is 5.91 Å². The zero-order chi connectivity index (χ0) is 29.5. The molecule has 3 aromatic rings. The lowest BCUT2D eigenvalue weighted by atomic mass is 9.98. The van der Waals surface area contributed by atoms with Crippen molar-refractivity contribution in [3.8, 4) is 5.75 Å². The summed E-state index contributed by atoms with van der Waals surface area (Å²) in [7, 11) is 0. The lowest BCUT2D eigenvalue weighted by molar-refractivity contribution is 0.0943. The number of carbonyl (C=O) groups is 1. The van der Waals surface area contributed by atoms with Crippen LogP contribution in [0.2, 0.25) is 0 Å². The Bertz CT molecular complexity index is 1320. The summed E-state index contributed by atoms with van der Waals surface area (Å²) >= 11 is 0. The molecule has 4 rings (SSSR count). The second-order valence-electron chi connectivity index (χ2n) is 10.9. The van der Waals surface area contributed by atoms with E-state index in [9.17, 15) is 13.6 Å². The van der Waals surface area contributed by atoms with Gasteiger partial charge in [-0.25, -0.2) is 9.37 Å². The summed E-state index contributed by atoms with van der Waals surface area (Å²) < 4.78 is 33.8. The molecule has 1 amide bonds. The van der Waals surface area contributed by atoms with Gasteiger partial charge < -0.3 is 19.9 Å². The molecule has 41 heavy (non-hydrogen) atoms. The molecular weight excluding hydrogens is 524 g/mol. The highest BCUT2D eigenvalue weighted by Crippen LogP contribution is 2.30. The summed E-state index contributed by atoms with van der Waals surface area (Å²) in [6.45, 7) is 12.9. The minimum atomic E-state index is -0.574. The molecule has 0 radical (unpaired) electrons. The van der Waals surface area contributed by atoms with Crippen LogP contribution in [0.5, 0.6) is 5.75 Å². The Kier molecular flexibility index (Phi) is 10.3. The van der Waals surface area contributed by atoms with Gasteiger partial charge >= 0.3 is 0 Å². The van der Waals surface area contributed by atoms with Crippen molar-refractivity contribution in [1.82, 2.24) is 20.2 Å². The van der Waals surface area contributed by atoms with Gasteiger partial charge in [0.05, 0.1) is 17.9 Å². The van der Waals surface area contributed by atoms with Gasteiger partial charge in [0, 0.05) is 62.4 Å². The topological polar surface area (TPSA) is 70.6 Å². The standard InChI is InChI=1S/C32H41F2N5O2/c1-6-41-29-8-7-27(18-28(29)33)39(20-25-19-35-13-9-21(25)2)26-11-15-38(16-12-26)23(4)10-14-36-32(40)31-22(3)17-30(34)37-24(31)5/h7-9,13,17-19,23,26H,6,10-12,14-16,20H2,1-5H3,(H,36,40)/t23-/m1/s1. The fraction of sp³-hybridized carbons (Fsp3) is 0.469. The fourth-order valence-corrected chi connectivity index (χ4v) is 5.65. The van der Waals surface area contributed by atoms with E-state index in [1.807, 2.05) is 25.3 Å². The van der Waals surface area contributed by atoms with E-state index < -0.39 is 5.95 Å². The first-order chi connectivity index (χ1) is 19.7. The van der Waals surface area contributed by atoms with Crippen LogP contribution in [0.4, 0.5) is 14.5 Å².